The molecule has 2 bridgehead atoms. The van der Waals surface area contributed by atoms with Gasteiger partial charge in [0.2, 0.25) is 11.8 Å². The first kappa shape index (κ1) is 22.4. The van der Waals surface area contributed by atoms with E-state index in [2.05, 4.69) is 4.98 Å². The fourth-order valence-corrected chi connectivity index (χ4v) is 5.79. The van der Waals surface area contributed by atoms with Gasteiger partial charge in [-0.05, 0) is 43.4 Å². The summed E-state index contributed by atoms with van der Waals surface area (Å²) >= 11 is 0. The highest BCUT2D eigenvalue weighted by atomic mass is 19.3. The van der Waals surface area contributed by atoms with Crippen LogP contribution in [0.1, 0.15) is 42.4 Å². The summed E-state index contributed by atoms with van der Waals surface area (Å²) in [5.41, 5.74) is 5.25. The van der Waals surface area contributed by atoms with Crippen molar-refractivity contribution in [3.63, 3.8) is 0 Å². The van der Waals surface area contributed by atoms with Gasteiger partial charge < -0.3 is 10.6 Å². The van der Waals surface area contributed by atoms with Crippen LogP contribution in [0.2, 0.25) is 0 Å². The topological polar surface area (TPSA) is 96.6 Å². The van der Waals surface area contributed by atoms with Crippen LogP contribution in [0.3, 0.4) is 0 Å². The lowest BCUT2D eigenvalue weighted by Gasteiger charge is -2.72. The molecule has 34 heavy (non-hydrogen) atoms. The summed E-state index contributed by atoms with van der Waals surface area (Å²) in [6.07, 6.45) is -0.0752. The Kier molecular flexibility index (Phi) is 4.96. The number of nitrogens with zero attached hydrogens (tertiary/aromatic N) is 3. The molecule has 2 aromatic rings. The van der Waals surface area contributed by atoms with Crippen molar-refractivity contribution in [2.24, 2.45) is 16.6 Å². The number of pyridine rings is 1. The number of halogens is 3. The number of alkyl halides is 2. The van der Waals surface area contributed by atoms with Gasteiger partial charge in [0.15, 0.2) is 11.6 Å². The first-order valence-corrected chi connectivity index (χ1v) is 11.0. The maximum Gasteiger partial charge on any atom is 0.263 e. The lowest BCUT2D eigenvalue weighted by Crippen LogP contribution is -2.78. The molecule has 6 rings (SSSR count). The van der Waals surface area contributed by atoms with Gasteiger partial charge in [-0.1, -0.05) is 24.3 Å². The third-order valence-corrected chi connectivity index (χ3v) is 7.40. The van der Waals surface area contributed by atoms with Crippen LogP contribution in [0.5, 0.6) is 0 Å². The molecule has 1 aromatic carbocycles. The van der Waals surface area contributed by atoms with Crippen LogP contribution in [0.15, 0.2) is 36.5 Å². The fraction of sp³-hybridized carbons (Fsp3) is 0.417. The Bertz CT molecular complexity index is 1180. The standard InChI is InChI=1S/C24H23F3N4O3/c1-13-6-16(25)20(29-7-13)31-9-17(32)30(8-14-2-4-15(5-3-14)19(26)27)18(21(31)33)23-10-24(11-23,12-23)22(28)34/h2-7,18-19H,8-12H2,1H3,(H2,28,34)/t18-,23?,24?/m1/s1. The minimum atomic E-state index is -2.61. The summed E-state index contributed by atoms with van der Waals surface area (Å²) in [4.78, 5) is 45.4. The maximum absolute atomic E-state index is 14.7. The van der Waals surface area contributed by atoms with Crippen molar-refractivity contribution < 1.29 is 27.6 Å². The SMILES string of the molecule is Cc1cnc(N2CC(=O)N(Cc3ccc(C(F)F)cc3)[C@@H](C34CC(C(N)=O)(C3)C4)C2=O)c(F)c1. The van der Waals surface area contributed by atoms with E-state index in [9.17, 15) is 27.6 Å². The average Bonchev–Trinajstić information content (AvgIpc) is 2.71. The zero-order chi connectivity index (χ0) is 24.4. The van der Waals surface area contributed by atoms with Gasteiger partial charge in [0, 0.05) is 23.7 Å². The van der Waals surface area contributed by atoms with E-state index in [1.165, 1.54) is 41.4 Å². The summed E-state index contributed by atoms with van der Waals surface area (Å²) < 4.78 is 40.5. The molecule has 4 aliphatic rings. The number of hydrogen-bond acceptors (Lipinski definition) is 4. The quantitative estimate of drug-likeness (QED) is 0.699. The number of hydrogen-bond donors (Lipinski definition) is 1. The number of benzene rings is 1. The van der Waals surface area contributed by atoms with Gasteiger partial charge in [-0.2, -0.15) is 0 Å². The number of aromatic nitrogens is 1. The largest absolute Gasteiger partial charge is 0.369 e. The number of carbonyl (C=O) groups excluding carboxylic acids is 3. The Hall–Kier alpha value is -3.43. The highest BCUT2D eigenvalue weighted by molar-refractivity contribution is 6.07. The predicted molar refractivity (Wildman–Crippen MR) is 115 cm³/mol. The molecular formula is C24H23F3N4O3. The Morgan fingerprint density at radius 2 is 1.85 bits per heavy atom. The van der Waals surface area contributed by atoms with Crippen molar-refractivity contribution in [2.75, 3.05) is 11.4 Å². The number of carbonyl (C=O) groups is 3. The van der Waals surface area contributed by atoms with Crippen molar-refractivity contribution in [2.45, 2.75) is 45.2 Å². The van der Waals surface area contributed by atoms with Gasteiger partial charge in [-0.15, -0.1) is 0 Å². The second-order valence-corrected chi connectivity index (χ2v) is 9.75. The van der Waals surface area contributed by atoms with Gasteiger partial charge in [-0.25, -0.2) is 18.2 Å². The number of nitrogens with two attached hydrogens (primary N) is 1. The second kappa shape index (κ2) is 7.54. The van der Waals surface area contributed by atoms with Gasteiger partial charge in [0.05, 0.1) is 5.41 Å². The summed E-state index contributed by atoms with van der Waals surface area (Å²) in [5, 5.41) is 0. The number of aryl methyl sites for hydroxylation is 1. The van der Waals surface area contributed by atoms with Crippen molar-refractivity contribution in [3.8, 4) is 0 Å². The zero-order valence-electron chi connectivity index (χ0n) is 18.4. The smallest absolute Gasteiger partial charge is 0.263 e. The van der Waals surface area contributed by atoms with Crippen LogP contribution in [0.4, 0.5) is 19.0 Å². The Morgan fingerprint density at radius 3 is 2.41 bits per heavy atom. The molecule has 2 heterocycles. The fourth-order valence-electron chi connectivity index (χ4n) is 5.79. The molecule has 4 fully saturated rings. The van der Waals surface area contributed by atoms with E-state index < -0.39 is 53.4 Å². The average molecular weight is 472 g/mol. The number of amides is 3. The Balaban J connectivity index is 1.48. The van der Waals surface area contributed by atoms with Crippen molar-refractivity contribution in [3.05, 3.63) is 59.0 Å². The third-order valence-electron chi connectivity index (χ3n) is 7.40. The normalized spacial score (nSPS) is 28.1. The van der Waals surface area contributed by atoms with Gasteiger partial charge >= 0.3 is 0 Å². The van der Waals surface area contributed by atoms with Crippen LogP contribution in [-0.2, 0) is 20.9 Å². The van der Waals surface area contributed by atoms with E-state index in [1.807, 2.05) is 0 Å². The first-order valence-electron chi connectivity index (χ1n) is 11.0. The molecule has 3 saturated carbocycles. The minimum Gasteiger partial charge on any atom is -0.369 e. The van der Waals surface area contributed by atoms with Gasteiger partial charge in [0.1, 0.15) is 12.6 Å². The summed E-state index contributed by atoms with van der Waals surface area (Å²) in [6, 6.07) is 5.87. The molecule has 0 unspecified atom stereocenters. The predicted octanol–water partition coefficient (Wildman–Crippen LogP) is 2.87. The molecule has 2 N–H and O–H groups in total. The molecule has 0 spiro atoms. The van der Waals surface area contributed by atoms with Crippen LogP contribution >= 0.6 is 0 Å². The maximum atomic E-state index is 14.7. The number of piperazine rings is 1. The second-order valence-electron chi connectivity index (χ2n) is 9.75. The van der Waals surface area contributed by atoms with E-state index in [0.29, 0.717) is 30.4 Å². The van der Waals surface area contributed by atoms with Crippen LogP contribution in [0.25, 0.3) is 0 Å². The van der Waals surface area contributed by atoms with Gasteiger partial charge in [0.25, 0.3) is 12.3 Å². The van der Waals surface area contributed by atoms with Crippen molar-refractivity contribution >= 4 is 23.5 Å². The molecule has 7 nitrogen and oxygen atoms in total. The molecule has 1 aliphatic heterocycles. The van der Waals surface area contributed by atoms with E-state index in [1.54, 1.807) is 6.92 Å². The van der Waals surface area contributed by atoms with Crippen LogP contribution in [-0.4, -0.2) is 40.2 Å². The zero-order valence-corrected chi connectivity index (χ0v) is 18.4. The van der Waals surface area contributed by atoms with Crippen molar-refractivity contribution in [1.82, 2.24) is 9.88 Å². The van der Waals surface area contributed by atoms with E-state index in [4.69, 9.17) is 5.73 Å². The van der Waals surface area contributed by atoms with E-state index in [-0.39, 0.29) is 17.9 Å². The van der Waals surface area contributed by atoms with Gasteiger partial charge in [-0.3, -0.25) is 19.3 Å². The molecular weight excluding hydrogens is 449 g/mol. The number of primary amides is 1. The number of rotatable bonds is 6. The Labute approximate surface area is 193 Å². The van der Waals surface area contributed by atoms with Crippen molar-refractivity contribution in [1.29, 1.82) is 0 Å². The Morgan fingerprint density at radius 1 is 1.21 bits per heavy atom. The molecule has 1 saturated heterocycles. The minimum absolute atomic E-state index is 0.0295. The monoisotopic (exact) mass is 472 g/mol. The molecule has 3 amide bonds. The molecule has 1 aromatic heterocycles. The first-order chi connectivity index (χ1) is 16.0. The molecule has 3 aliphatic carbocycles. The molecule has 178 valence electrons. The van der Waals surface area contributed by atoms with E-state index >= 15 is 0 Å². The summed E-state index contributed by atoms with van der Waals surface area (Å²) in [7, 11) is 0. The lowest BCUT2D eigenvalue weighted by atomic mass is 9.32. The molecule has 10 heteroatoms. The summed E-state index contributed by atoms with van der Waals surface area (Å²) in [6.45, 7) is 1.30. The lowest BCUT2D eigenvalue weighted by molar-refractivity contribution is -0.231. The van der Waals surface area contributed by atoms with Crippen LogP contribution < -0.4 is 10.6 Å². The summed E-state index contributed by atoms with van der Waals surface area (Å²) in [5.74, 6) is -2.24. The molecule has 1 atom stereocenters. The van der Waals surface area contributed by atoms with E-state index in [0.717, 1.165) is 4.90 Å². The number of anilines is 1. The van der Waals surface area contributed by atoms with Crippen LogP contribution in [0, 0.1) is 23.6 Å². The third kappa shape index (κ3) is 3.26. The highest BCUT2D eigenvalue weighted by Crippen LogP contribution is 2.75. The molecule has 0 radical (unpaired) electrons. The highest BCUT2D eigenvalue weighted by Gasteiger charge is 2.76.